The molecule has 1 saturated heterocycles. The predicted molar refractivity (Wildman–Crippen MR) is 66.1 cm³/mol. The van der Waals surface area contributed by atoms with Crippen LogP contribution in [-0.4, -0.2) is 33.8 Å². The number of fused-ring (bicyclic) bond motifs is 1. The Kier molecular flexibility index (Phi) is 2.54. The summed E-state index contributed by atoms with van der Waals surface area (Å²) in [5.41, 5.74) is 2.00. The van der Waals surface area contributed by atoms with E-state index in [0.29, 0.717) is 13.1 Å². The molecule has 17 heavy (non-hydrogen) atoms. The smallest absolute Gasteiger partial charge is 0.135 e. The van der Waals surface area contributed by atoms with E-state index in [0.717, 1.165) is 18.7 Å². The van der Waals surface area contributed by atoms with Gasteiger partial charge in [-0.05, 0) is 32.6 Å². The molecule has 1 aromatic heterocycles. The number of aliphatic hydroxyl groups is 1. The molecule has 2 aliphatic rings. The minimum Gasteiger partial charge on any atom is -0.386 e. The predicted octanol–water partition coefficient (Wildman–Crippen LogP) is 1.32. The molecule has 92 valence electrons. The van der Waals surface area contributed by atoms with Gasteiger partial charge in [0.05, 0.1) is 5.60 Å². The van der Waals surface area contributed by atoms with E-state index in [1.54, 1.807) is 6.33 Å². The van der Waals surface area contributed by atoms with Gasteiger partial charge in [-0.1, -0.05) is 6.42 Å². The molecule has 2 heterocycles. The highest BCUT2D eigenvalue weighted by molar-refractivity contribution is 5.52. The van der Waals surface area contributed by atoms with Gasteiger partial charge in [-0.3, -0.25) is 0 Å². The monoisotopic (exact) mass is 233 g/mol. The van der Waals surface area contributed by atoms with E-state index in [9.17, 15) is 5.11 Å². The molecule has 1 fully saturated rings. The normalized spacial score (nSPS) is 22.6. The first-order chi connectivity index (χ1) is 8.16. The van der Waals surface area contributed by atoms with Gasteiger partial charge in [0.15, 0.2) is 0 Å². The van der Waals surface area contributed by atoms with Crippen LogP contribution in [0.1, 0.15) is 37.4 Å². The van der Waals surface area contributed by atoms with Gasteiger partial charge in [0.2, 0.25) is 0 Å². The highest BCUT2D eigenvalue weighted by atomic mass is 16.3. The second-order valence-electron chi connectivity index (χ2n) is 5.54. The molecule has 0 spiro atoms. The first-order valence-corrected chi connectivity index (χ1v) is 6.46. The quantitative estimate of drug-likeness (QED) is 0.743. The zero-order valence-corrected chi connectivity index (χ0v) is 10.3. The fourth-order valence-corrected chi connectivity index (χ4v) is 2.88. The lowest BCUT2D eigenvalue weighted by molar-refractivity contribution is 0.0304. The molecule has 1 aliphatic carbocycles. The summed E-state index contributed by atoms with van der Waals surface area (Å²) >= 11 is 0. The Bertz CT molecular complexity index is 423. The Labute approximate surface area is 102 Å². The van der Waals surface area contributed by atoms with Crippen molar-refractivity contribution in [2.75, 3.05) is 18.0 Å². The Hall–Kier alpha value is -1.16. The van der Waals surface area contributed by atoms with Crippen molar-refractivity contribution in [1.82, 2.24) is 9.97 Å². The Balaban J connectivity index is 1.90. The van der Waals surface area contributed by atoms with E-state index >= 15 is 0 Å². The summed E-state index contributed by atoms with van der Waals surface area (Å²) in [6, 6.07) is 0. The fourth-order valence-electron chi connectivity index (χ4n) is 2.88. The van der Waals surface area contributed by atoms with Crippen molar-refractivity contribution in [2.24, 2.45) is 0 Å². The van der Waals surface area contributed by atoms with Crippen LogP contribution in [0.5, 0.6) is 0 Å². The topological polar surface area (TPSA) is 49.2 Å². The highest BCUT2D eigenvalue weighted by Crippen LogP contribution is 2.31. The van der Waals surface area contributed by atoms with Crippen LogP contribution in [-0.2, 0) is 12.8 Å². The molecule has 0 amide bonds. The summed E-state index contributed by atoms with van der Waals surface area (Å²) < 4.78 is 0. The van der Waals surface area contributed by atoms with Gasteiger partial charge in [0.25, 0.3) is 0 Å². The molecule has 4 nitrogen and oxygen atoms in total. The van der Waals surface area contributed by atoms with Crippen LogP contribution in [0.3, 0.4) is 0 Å². The lowest BCUT2D eigenvalue weighted by Gasteiger charge is -2.45. The summed E-state index contributed by atoms with van der Waals surface area (Å²) in [4.78, 5) is 11.0. The van der Waals surface area contributed by atoms with Crippen molar-refractivity contribution >= 4 is 5.82 Å². The first kappa shape index (κ1) is 11.0. The van der Waals surface area contributed by atoms with E-state index in [-0.39, 0.29) is 0 Å². The van der Waals surface area contributed by atoms with Crippen LogP contribution < -0.4 is 4.90 Å². The van der Waals surface area contributed by atoms with Crippen molar-refractivity contribution in [3.8, 4) is 0 Å². The van der Waals surface area contributed by atoms with Crippen LogP contribution >= 0.6 is 0 Å². The fraction of sp³-hybridized carbons (Fsp3) is 0.692. The van der Waals surface area contributed by atoms with Crippen LogP contribution in [0.15, 0.2) is 6.33 Å². The van der Waals surface area contributed by atoms with Crippen molar-refractivity contribution < 1.29 is 5.11 Å². The molecule has 0 bridgehead atoms. The molecule has 4 heteroatoms. The van der Waals surface area contributed by atoms with Gasteiger partial charge < -0.3 is 10.0 Å². The molecule has 0 aromatic carbocycles. The van der Waals surface area contributed by atoms with E-state index in [4.69, 9.17) is 0 Å². The van der Waals surface area contributed by atoms with Crippen LogP contribution in [0, 0.1) is 0 Å². The van der Waals surface area contributed by atoms with Crippen LogP contribution in [0.2, 0.25) is 0 Å². The van der Waals surface area contributed by atoms with Crippen molar-refractivity contribution in [3.05, 3.63) is 17.6 Å². The largest absolute Gasteiger partial charge is 0.386 e. The summed E-state index contributed by atoms with van der Waals surface area (Å²) in [7, 11) is 0. The number of hydrogen-bond acceptors (Lipinski definition) is 4. The third-order valence-electron chi connectivity index (χ3n) is 3.71. The molecule has 0 saturated carbocycles. The van der Waals surface area contributed by atoms with Gasteiger partial charge in [-0.25, -0.2) is 9.97 Å². The third-order valence-corrected chi connectivity index (χ3v) is 3.71. The summed E-state index contributed by atoms with van der Waals surface area (Å²) in [6.45, 7) is 3.26. The average molecular weight is 233 g/mol. The maximum atomic E-state index is 9.82. The summed E-state index contributed by atoms with van der Waals surface area (Å²) in [5, 5.41) is 9.82. The molecule has 1 aliphatic heterocycles. The zero-order valence-electron chi connectivity index (χ0n) is 10.3. The number of hydrogen-bond donors (Lipinski definition) is 1. The molecule has 3 rings (SSSR count). The number of aromatic nitrogens is 2. The Morgan fingerprint density at radius 2 is 1.94 bits per heavy atom. The minimum atomic E-state index is -0.539. The van der Waals surface area contributed by atoms with Crippen molar-refractivity contribution in [1.29, 1.82) is 0 Å². The number of rotatable bonds is 1. The number of aryl methyl sites for hydroxylation is 1. The van der Waals surface area contributed by atoms with E-state index in [2.05, 4.69) is 14.9 Å². The number of anilines is 1. The first-order valence-electron chi connectivity index (χ1n) is 6.46. The second kappa shape index (κ2) is 3.95. The highest BCUT2D eigenvalue weighted by Gasteiger charge is 2.38. The van der Waals surface area contributed by atoms with Crippen LogP contribution in [0.4, 0.5) is 5.82 Å². The second-order valence-corrected chi connectivity index (χ2v) is 5.54. The molecule has 0 radical (unpaired) electrons. The van der Waals surface area contributed by atoms with E-state index < -0.39 is 5.60 Å². The minimum absolute atomic E-state index is 0.539. The van der Waals surface area contributed by atoms with Gasteiger partial charge in [-0.2, -0.15) is 0 Å². The lowest BCUT2D eigenvalue weighted by Crippen LogP contribution is -2.60. The van der Waals surface area contributed by atoms with E-state index in [1.807, 2.05) is 6.92 Å². The molecule has 1 aromatic rings. The SMILES string of the molecule is CC1(O)CN(c2ncnc3c2CCCCC3)C1. The van der Waals surface area contributed by atoms with Gasteiger partial charge in [-0.15, -0.1) is 0 Å². The maximum Gasteiger partial charge on any atom is 0.135 e. The Morgan fingerprint density at radius 1 is 1.18 bits per heavy atom. The van der Waals surface area contributed by atoms with Crippen LogP contribution in [0.25, 0.3) is 0 Å². The van der Waals surface area contributed by atoms with Crippen molar-refractivity contribution in [2.45, 2.75) is 44.6 Å². The zero-order chi connectivity index (χ0) is 11.9. The van der Waals surface area contributed by atoms with Gasteiger partial charge >= 0.3 is 0 Å². The maximum absolute atomic E-state index is 9.82. The number of nitrogens with zero attached hydrogens (tertiary/aromatic N) is 3. The summed E-state index contributed by atoms with van der Waals surface area (Å²) in [5.74, 6) is 1.06. The number of β-amino-alcohol motifs (C(OH)–C–C–N with tert-alkyl or cyclic N) is 1. The van der Waals surface area contributed by atoms with Gasteiger partial charge in [0.1, 0.15) is 12.1 Å². The van der Waals surface area contributed by atoms with E-state index in [1.165, 1.54) is 30.5 Å². The van der Waals surface area contributed by atoms with Gasteiger partial charge in [0, 0.05) is 24.3 Å². The molecule has 1 N–H and O–H groups in total. The molecular weight excluding hydrogens is 214 g/mol. The molecular formula is C13H19N3O. The lowest BCUT2D eigenvalue weighted by atomic mass is 9.95. The summed E-state index contributed by atoms with van der Waals surface area (Å²) in [6.07, 6.45) is 7.60. The third kappa shape index (κ3) is 2.02. The standard InChI is InChI=1S/C13H19N3O/c1-13(17)7-16(8-13)12-10-5-3-2-4-6-11(10)14-9-15-12/h9,17H,2-8H2,1H3. The van der Waals surface area contributed by atoms with Crippen molar-refractivity contribution in [3.63, 3.8) is 0 Å². The average Bonchev–Trinajstić information content (AvgIpc) is 2.50. The molecule has 0 unspecified atom stereocenters. The molecule has 0 atom stereocenters. The Morgan fingerprint density at radius 3 is 2.71 bits per heavy atom.